The third-order valence-corrected chi connectivity index (χ3v) is 4.10. The quantitative estimate of drug-likeness (QED) is 0.881. The van der Waals surface area contributed by atoms with Crippen LogP contribution in [0.15, 0.2) is 23.6 Å². The Morgan fingerprint density at radius 3 is 2.43 bits per heavy atom. The molecule has 2 N–H and O–H groups in total. The zero-order chi connectivity index (χ0) is 15.6. The molecule has 1 atom stereocenters. The smallest absolute Gasteiger partial charge is 0.355 e. The summed E-state index contributed by atoms with van der Waals surface area (Å²) in [5, 5.41) is 14.2. The summed E-state index contributed by atoms with van der Waals surface area (Å²) in [5.74, 6) is -2.02. The van der Waals surface area contributed by atoms with Crippen LogP contribution in [-0.4, -0.2) is 22.0 Å². The Hall–Kier alpha value is -1.63. The summed E-state index contributed by atoms with van der Waals surface area (Å²) < 4.78 is 0. The number of carbonyl (C=O) groups is 2. The van der Waals surface area contributed by atoms with Gasteiger partial charge in [-0.2, -0.15) is 0 Å². The van der Waals surface area contributed by atoms with E-state index in [2.05, 4.69) is 10.3 Å². The molecule has 1 aromatic heterocycles. The number of anilines is 1. The lowest BCUT2D eigenvalue weighted by molar-refractivity contribution is -0.117. The van der Waals surface area contributed by atoms with Crippen molar-refractivity contribution in [1.29, 1.82) is 0 Å². The van der Waals surface area contributed by atoms with Crippen molar-refractivity contribution >= 4 is 52.1 Å². The molecule has 1 aromatic carbocycles. The van der Waals surface area contributed by atoms with E-state index in [0.717, 1.165) is 11.3 Å². The highest BCUT2D eigenvalue weighted by atomic mass is 35.5. The minimum atomic E-state index is -1.12. The predicted octanol–water partition coefficient (Wildman–Crippen LogP) is 3.89. The van der Waals surface area contributed by atoms with Gasteiger partial charge in [-0.05, 0) is 25.1 Å². The Kier molecular flexibility index (Phi) is 4.82. The van der Waals surface area contributed by atoms with Crippen molar-refractivity contribution in [2.24, 2.45) is 0 Å². The fourth-order valence-electron chi connectivity index (χ4n) is 1.57. The summed E-state index contributed by atoms with van der Waals surface area (Å²) in [4.78, 5) is 26.8. The predicted molar refractivity (Wildman–Crippen MR) is 82.6 cm³/mol. The van der Waals surface area contributed by atoms with E-state index < -0.39 is 11.9 Å². The SMILES string of the molecule is CC(C(=O)Nc1cc(Cl)cc(Cl)c1)c1nc(C(=O)O)cs1. The molecule has 2 aromatic rings. The van der Waals surface area contributed by atoms with Crippen LogP contribution in [0.3, 0.4) is 0 Å². The van der Waals surface area contributed by atoms with Gasteiger partial charge < -0.3 is 10.4 Å². The maximum atomic E-state index is 12.1. The number of carbonyl (C=O) groups excluding carboxylic acids is 1. The zero-order valence-corrected chi connectivity index (χ0v) is 13.1. The van der Waals surface area contributed by atoms with Crippen LogP contribution in [0.5, 0.6) is 0 Å². The highest BCUT2D eigenvalue weighted by Gasteiger charge is 2.20. The van der Waals surface area contributed by atoms with Crippen LogP contribution >= 0.6 is 34.5 Å². The van der Waals surface area contributed by atoms with E-state index in [4.69, 9.17) is 28.3 Å². The summed E-state index contributed by atoms with van der Waals surface area (Å²) in [5.41, 5.74) is 0.403. The van der Waals surface area contributed by atoms with E-state index in [1.165, 1.54) is 5.38 Å². The Balaban J connectivity index is 2.13. The fourth-order valence-corrected chi connectivity index (χ4v) is 2.95. The van der Waals surface area contributed by atoms with Crippen LogP contribution < -0.4 is 5.32 Å². The maximum absolute atomic E-state index is 12.1. The molecule has 0 saturated carbocycles. The number of amides is 1. The first-order valence-corrected chi connectivity index (χ1v) is 7.46. The Bertz CT molecular complexity index is 682. The van der Waals surface area contributed by atoms with E-state index >= 15 is 0 Å². The number of hydrogen-bond acceptors (Lipinski definition) is 4. The van der Waals surface area contributed by atoms with E-state index in [1.807, 2.05) is 0 Å². The molecule has 0 aliphatic heterocycles. The summed E-state index contributed by atoms with van der Waals surface area (Å²) in [6, 6.07) is 4.70. The molecular formula is C13H10Cl2N2O3S. The number of nitrogens with zero attached hydrogens (tertiary/aromatic N) is 1. The summed E-state index contributed by atoms with van der Waals surface area (Å²) in [6.07, 6.45) is 0. The number of rotatable bonds is 4. The third kappa shape index (κ3) is 3.93. The first kappa shape index (κ1) is 15.8. The number of carboxylic acid groups (broad SMARTS) is 1. The minimum absolute atomic E-state index is 0.0690. The normalized spacial score (nSPS) is 12.0. The molecule has 0 spiro atoms. The van der Waals surface area contributed by atoms with E-state index in [0.29, 0.717) is 20.7 Å². The number of nitrogens with one attached hydrogen (secondary N) is 1. The summed E-state index contributed by atoms with van der Waals surface area (Å²) in [6.45, 7) is 1.64. The van der Waals surface area contributed by atoms with Crippen molar-refractivity contribution in [2.75, 3.05) is 5.32 Å². The van der Waals surface area contributed by atoms with Gasteiger partial charge in [-0.3, -0.25) is 4.79 Å². The average molecular weight is 345 g/mol. The standard InChI is InChI=1S/C13H10Cl2N2O3S/c1-6(12-17-10(5-21-12)13(19)20)11(18)16-9-3-7(14)2-8(15)4-9/h2-6H,1H3,(H,16,18)(H,19,20). The number of carboxylic acids is 1. The van der Waals surface area contributed by atoms with Crippen molar-refractivity contribution in [3.05, 3.63) is 44.3 Å². The fraction of sp³-hybridized carbons (Fsp3) is 0.154. The van der Waals surface area contributed by atoms with Gasteiger partial charge in [0.25, 0.3) is 0 Å². The molecular weight excluding hydrogens is 335 g/mol. The lowest BCUT2D eigenvalue weighted by atomic mass is 10.1. The molecule has 0 saturated heterocycles. The number of aromatic carboxylic acids is 1. The van der Waals surface area contributed by atoms with Crippen molar-refractivity contribution in [3.63, 3.8) is 0 Å². The monoisotopic (exact) mass is 344 g/mol. The molecule has 0 aliphatic rings. The Labute approximate surface area is 134 Å². The lowest BCUT2D eigenvalue weighted by Gasteiger charge is -2.10. The molecule has 0 radical (unpaired) electrons. The van der Waals surface area contributed by atoms with Gasteiger partial charge in [0, 0.05) is 21.1 Å². The van der Waals surface area contributed by atoms with Crippen molar-refractivity contribution < 1.29 is 14.7 Å². The van der Waals surface area contributed by atoms with E-state index in [-0.39, 0.29) is 11.6 Å². The maximum Gasteiger partial charge on any atom is 0.355 e. The molecule has 1 heterocycles. The first-order valence-electron chi connectivity index (χ1n) is 5.82. The van der Waals surface area contributed by atoms with Gasteiger partial charge in [-0.15, -0.1) is 11.3 Å². The van der Waals surface area contributed by atoms with Gasteiger partial charge in [0.15, 0.2) is 5.69 Å². The highest BCUT2D eigenvalue weighted by molar-refractivity contribution is 7.10. The van der Waals surface area contributed by atoms with Crippen LogP contribution in [0.25, 0.3) is 0 Å². The Morgan fingerprint density at radius 1 is 1.29 bits per heavy atom. The van der Waals surface area contributed by atoms with E-state index in [1.54, 1.807) is 25.1 Å². The van der Waals surface area contributed by atoms with Crippen LogP contribution in [0.2, 0.25) is 10.0 Å². The molecule has 2 rings (SSSR count). The third-order valence-electron chi connectivity index (χ3n) is 2.63. The van der Waals surface area contributed by atoms with E-state index in [9.17, 15) is 9.59 Å². The number of aromatic nitrogens is 1. The number of thiazole rings is 1. The van der Waals surface area contributed by atoms with Crippen LogP contribution in [0.4, 0.5) is 5.69 Å². The minimum Gasteiger partial charge on any atom is -0.476 e. The van der Waals surface area contributed by atoms with Crippen LogP contribution in [0, 0.1) is 0 Å². The molecule has 110 valence electrons. The molecule has 8 heteroatoms. The summed E-state index contributed by atoms with van der Waals surface area (Å²) >= 11 is 12.8. The topological polar surface area (TPSA) is 79.3 Å². The van der Waals surface area contributed by atoms with Gasteiger partial charge in [0.2, 0.25) is 5.91 Å². The van der Waals surface area contributed by atoms with Gasteiger partial charge in [0.05, 0.1) is 5.92 Å². The van der Waals surface area contributed by atoms with Crippen LogP contribution in [-0.2, 0) is 4.79 Å². The molecule has 0 aliphatic carbocycles. The second kappa shape index (κ2) is 6.43. The second-order valence-electron chi connectivity index (χ2n) is 4.25. The summed E-state index contributed by atoms with van der Waals surface area (Å²) in [7, 11) is 0. The molecule has 21 heavy (non-hydrogen) atoms. The van der Waals surface area contributed by atoms with Gasteiger partial charge >= 0.3 is 5.97 Å². The second-order valence-corrected chi connectivity index (χ2v) is 6.01. The molecule has 5 nitrogen and oxygen atoms in total. The number of halogens is 2. The lowest BCUT2D eigenvalue weighted by Crippen LogP contribution is -2.19. The average Bonchev–Trinajstić information content (AvgIpc) is 2.86. The molecule has 1 unspecified atom stereocenters. The number of benzene rings is 1. The molecule has 0 fully saturated rings. The van der Waals surface area contributed by atoms with Gasteiger partial charge in [-0.1, -0.05) is 23.2 Å². The largest absolute Gasteiger partial charge is 0.476 e. The van der Waals surface area contributed by atoms with Crippen LogP contribution in [0.1, 0.15) is 28.3 Å². The molecule has 1 amide bonds. The zero-order valence-electron chi connectivity index (χ0n) is 10.8. The highest BCUT2D eigenvalue weighted by Crippen LogP contribution is 2.25. The number of hydrogen-bond donors (Lipinski definition) is 2. The first-order chi connectivity index (χ1) is 9.86. The van der Waals surface area contributed by atoms with Crippen molar-refractivity contribution in [2.45, 2.75) is 12.8 Å². The molecule has 0 bridgehead atoms. The van der Waals surface area contributed by atoms with Gasteiger partial charge in [-0.25, -0.2) is 9.78 Å². The van der Waals surface area contributed by atoms with Crippen molar-refractivity contribution in [3.8, 4) is 0 Å². The van der Waals surface area contributed by atoms with Crippen molar-refractivity contribution in [1.82, 2.24) is 4.98 Å². The Morgan fingerprint density at radius 2 is 1.90 bits per heavy atom. The van der Waals surface area contributed by atoms with Gasteiger partial charge in [0.1, 0.15) is 5.01 Å².